The monoisotopic (exact) mass is 312 g/mol. The Bertz CT molecular complexity index is 546. The highest BCUT2D eigenvalue weighted by Gasteiger charge is 2.11. The average molecular weight is 314 g/mol. The van der Waals surface area contributed by atoms with Crippen LogP contribution in [0.3, 0.4) is 0 Å². The molecule has 0 radical (unpaired) electrons. The highest BCUT2D eigenvalue weighted by molar-refractivity contribution is 9.10. The highest BCUT2D eigenvalue weighted by Crippen LogP contribution is 2.13. The molecule has 0 aromatic carbocycles. The summed E-state index contributed by atoms with van der Waals surface area (Å²) in [4.78, 5) is 23.5. The number of anilines is 1. The number of halogens is 2. The van der Waals surface area contributed by atoms with Gasteiger partial charge < -0.3 is 5.32 Å². The first-order valence-corrected chi connectivity index (χ1v) is 5.73. The fourth-order valence-electron chi connectivity index (χ4n) is 1.12. The van der Waals surface area contributed by atoms with Gasteiger partial charge in [0.2, 0.25) is 0 Å². The third kappa shape index (κ3) is 2.98. The van der Waals surface area contributed by atoms with E-state index in [-0.39, 0.29) is 11.1 Å². The number of carbonyl (C=O) groups excluding carboxylic acids is 1. The van der Waals surface area contributed by atoms with Crippen LogP contribution in [0, 0.1) is 0 Å². The van der Waals surface area contributed by atoms with Gasteiger partial charge in [-0.15, -0.1) is 0 Å². The standard InChI is InChI=1S/C10H6BrClN4O/c11-7-4-15-8(5-14-7)16-10(17)6-2-1-3-13-9(6)12/h1-5H,(H,15,16,17). The zero-order chi connectivity index (χ0) is 12.3. The number of nitrogens with one attached hydrogen (secondary N) is 1. The van der Waals surface area contributed by atoms with Crippen molar-refractivity contribution >= 4 is 39.3 Å². The molecule has 0 aliphatic carbocycles. The summed E-state index contributed by atoms with van der Waals surface area (Å²) in [5.41, 5.74) is 0.291. The molecule has 2 rings (SSSR count). The van der Waals surface area contributed by atoms with Gasteiger partial charge in [0.15, 0.2) is 5.82 Å². The van der Waals surface area contributed by atoms with Crippen LogP contribution in [0.4, 0.5) is 5.82 Å². The summed E-state index contributed by atoms with van der Waals surface area (Å²) in [6.07, 6.45) is 4.44. The van der Waals surface area contributed by atoms with Crippen molar-refractivity contribution < 1.29 is 4.79 Å². The van der Waals surface area contributed by atoms with Gasteiger partial charge >= 0.3 is 0 Å². The van der Waals surface area contributed by atoms with Crippen molar-refractivity contribution in [3.05, 3.63) is 46.0 Å². The van der Waals surface area contributed by atoms with Gasteiger partial charge in [-0.2, -0.15) is 0 Å². The molecule has 2 aromatic heterocycles. The highest BCUT2D eigenvalue weighted by atomic mass is 79.9. The molecule has 2 aromatic rings. The van der Waals surface area contributed by atoms with Gasteiger partial charge in [-0.05, 0) is 28.1 Å². The zero-order valence-electron chi connectivity index (χ0n) is 8.39. The Morgan fingerprint density at radius 1 is 1.29 bits per heavy atom. The third-order valence-electron chi connectivity index (χ3n) is 1.87. The van der Waals surface area contributed by atoms with Gasteiger partial charge in [-0.1, -0.05) is 11.6 Å². The van der Waals surface area contributed by atoms with Gasteiger partial charge in [0.05, 0.1) is 18.0 Å². The summed E-state index contributed by atoms with van der Waals surface area (Å²) < 4.78 is 0.593. The predicted octanol–water partition coefficient (Wildman–Crippen LogP) is 2.54. The maximum Gasteiger partial charge on any atom is 0.259 e. The number of hydrogen-bond acceptors (Lipinski definition) is 4. The van der Waals surface area contributed by atoms with E-state index in [1.165, 1.54) is 18.6 Å². The SMILES string of the molecule is O=C(Nc1cnc(Br)cn1)c1cccnc1Cl. The number of carbonyl (C=O) groups is 1. The van der Waals surface area contributed by atoms with Crippen LogP contribution in [0.1, 0.15) is 10.4 Å². The molecule has 86 valence electrons. The van der Waals surface area contributed by atoms with E-state index in [1.807, 2.05) is 0 Å². The molecule has 1 N–H and O–H groups in total. The second kappa shape index (κ2) is 5.20. The van der Waals surface area contributed by atoms with Gasteiger partial charge in [0.1, 0.15) is 9.76 Å². The molecule has 0 atom stereocenters. The number of nitrogens with zero attached hydrogens (tertiary/aromatic N) is 3. The molecule has 1 amide bonds. The lowest BCUT2D eigenvalue weighted by molar-refractivity contribution is 0.102. The second-order valence-electron chi connectivity index (χ2n) is 3.02. The maximum absolute atomic E-state index is 11.8. The van der Waals surface area contributed by atoms with E-state index in [0.29, 0.717) is 16.0 Å². The lowest BCUT2D eigenvalue weighted by Gasteiger charge is -2.04. The Morgan fingerprint density at radius 2 is 2.12 bits per heavy atom. The van der Waals surface area contributed by atoms with Crippen molar-refractivity contribution in [1.29, 1.82) is 0 Å². The molecule has 17 heavy (non-hydrogen) atoms. The normalized spacial score (nSPS) is 10.0. The van der Waals surface area contributed by atoms with Gasteiger partial charge in [0, 0.05) is 6.20 Å². The molecule has 0 saturated heterocycles. The van der Waals surface area contributed by atoms with E-state index in [0.717, 1.165) is 0 Å². The molecular weight excluding hydrogens is 307 g/mol. The van der Waals surface area contributed by atoms with Crippen LogP contribution in [0.5, 0.6) is 0 Å². The van der Waals surface area contributed by atoms with E-state index in [9.17, 15) is 4.79 Å². The van der Waals surface area contributed by atoms with Crippen LogP contribution in [0.2, 0.25) is 5.15 Å². The van der Waals surface area contributed by atoms with Crippen molar-refractivity contribution in [2.75, 3.05) is 5.32 Å². The smallest absolute Gasteiger partial charge is 0.259 e. The van der Waals surface area contributed by atoms with Gasteiger partial charge in [-0.3, -0.25) is 4.79 Å². The second-order valence-corrected chi connectivity index (χ2v) is 4.19. The predicted molar refractivity (Wildman–Crippen MR) is 66.9 cm³/mol. The van der Waals surface area contributed by atoms with Gasteiger partial charge in [0.25, 0.3) is 5.91 Å². The van der Waals surface area contributed by atoms with Crippen LogP contribution in [-0.4, -0.2) is 20.9 Å². The lowest BCUT2D eigenvalue weighted by Crippen LogP contribution is -2.14. The van der Waals surface area contributed by atoms with Crippen LogP contribution in [0.25, 0.3) is 0 Å². The van der Waals surface area contributed by atoms with Crippen LogP contribution in [0.15, 0.2) is 35.3 Å². The van der Waals surface area contributed by atoms with Gasteiger partial charge in [-0.25, -0.2) is 15.0 Å². The Hall–Kier alpha value is -1.53. The number of rotatable bonds is 2. The number of pyridine rings is 1. The van der Waals surface area contributed by atoms with Crippen LogP contribution < -0.4 is 5.32 Å². The Morgan fingerprint density at radius 3 is 2.76 bits per heavy atom. The molecule has 0 spiro atoms. The molecule has 0 saturated carbocycles. The fourth-order valence-corrected chi connectivity index (χ4v) is 1.53. The summed E-state index contributed by atoms with van der Waals surface area (Å²) in [6, 6.07) is 3.21. The maximum atomic E-state index is 11.8. The molecule has 0 unspecified atom stereocenters. The van der Waals surface area contributed by atoms with Crippen molar-refractivity contribution in [1.82, 2.24) is 15.0 Å². The average Bonchev–Trinajstić information content (AvgIpc) is 2.32. The minimum absolute atomic E-state index is 0.148. The first kappa shape index (κ1) is 11.9. The molecule has 2 heterocycles. The van der Waals surface area contributed by atoms with E-state index < -0.39 is 0 Å². The fraction of sp³-hybridized carbons (Fsp3) is 0. The van der Waals surface area contributed by atoms with Crippen molar-refractivity contribution in [3.63, 3.8) is 0 Å². The molecule has 0 bridgehead atoms. The molecule has 0 fully saturated rings. The first-order valence-electron chi connectivity index (χ1n) is 4.56. The number of aromatic nitrogens is 3. The van der Waals surface area contributed by atoms with Crippen molar-refractivity contribution in [3.8, 4) is 0 Å². The summed E-state index contributed by atoms with van der Waals surface area (Å²) in [6.45, 7) is 0. The van der Waals surface area contributed by atoms with E-state index >= 15 is 0 Å². The topological polar surface area (TPSA) is 67.8 Å². The summed E-state index contributed by atoms with van der Waals surface area (Å²) in [5.74, 6) is -0.0298. The first-order chi connectivity index (χ1) is 8.16. The van der Waals surface area contributed by atoms with Crippen molar-refractivity contribution in [2.45, 2.75) is 0 Å². The van der Waals surface area contributed by atoms with E-state index in [1.54, 1.807) is 12.1 Å². The van der Waals surface area contributed by atoms with E-state index in [2.05, 4.69) is 36.2 Å². The van der Waals surface area contributed by atoms with Crippen molar-refractivity contribution in [2.24, 2.45) is 0 Å². The number of amides is 1. The quantitative estimate of drug-likeness (QED) is 0.865. The molecule has 0 aliphatic rings. The Balaban J connectivity index is 2.17. The van der Waals surface area contributed by atoms with E-state index in [4.69, 9.17) is 11.6 Å². The molecule has 7 heteroatoms. The minimum Gasteiger partial charge on any atom is -0.305 e. The van der Waals surface area contributed by atoms with Crippen LogP contribution >= 0.6 is 27.5 Å². The lowest BCUT2D eigenvalue weighted by atomic mass is 10.3. The number of hydrogen-bond donors (Lipinski definition) is 1. The molecule has 5 nitrogen and oxygen atoms in total. The largest absolute Gasteiger partial charge is 0.305 e. The minimum atomic E-state index is -0.375. The molecule has 0 aliphatic heterocycles. The van der Waals surface area contributed by atoms with Crippen LogP contribution in [-0.2, 0) is 0 Å². The summed E-state index contributed by atoms with van der Waals surface area (Å²) in [5, 5.41) is 2.72. The third-order valence-corrected chi connectivity index (χ3v) is 2.58. The Kier molecular flexibility index (Phi) is 3.65. The summed E-state index contributed by atoms with van der Waals surface area (Å²) >= 11 is 8.95. The Labute approximate surface area is 110 Å². The summed E-state index contributed by atoms with van der Waals surface area (Å²) in [7, 11) is 0. The molecular formula is C10H6BrClN4O. The zero-order valence-corrected chi connectivity index (χ0v) is 10.7.